The number of hydrogen-bond acceptors (Lipinski definition) is 3. The molecule has 1 heterocycles. The molecular weight excluding hydrogens is 279 g/mol. The quantitative estimate of drug-likeness (QED) is 0.916. The second kappa shape index (κ2) is 7.38. The Morgan fingerprint density at radius 3 is 2.45 bits per heavy atom. The zero-order valence-electron chi connectivity index (χ0n) is 12.5. The molecule has 1 atom stereocenters. The van der Waals surface area contributed by atoms with Crippen molar-refractivity contribution in [2.45, 2.75) is 6.04 Å². The number of piperazine rings is 1. The first-order valence-electron chi connectivity index (χ1n) is 7.70. The fourth-order valence-electron chi connectivity index (χ4n) is 2.80. The van der Waals surface area contributed by atoms with Crippen LogP contribution in [0.15, 0.2) is 54.6 Å². The van der Waals surface area contributed by atoms with Gasteiger partial charge in [0.05, 0.1) is 6.04 Å². The molecule has 0 aromatic heterocycles. The Morgan fingerprint density at radius 1 is 1.00 bits per heavy atom. The Morgan fingerprint density at radius 2 is 1.73 bits per heavy atom. The average molecular weight is 300 g/mol. The predicted octanol–water partition coefficient (Wildman–Crippen LogP) is 3.39. The average Bonchev–Trinajstić information content (AvgIpc) is 2.58. The molecule has 0 aliphatic carbocycles. The summed E-state index contributed by atoms with van der Waals surface area (Å²) in [7, 11) is 0. The molecule has 1 N–H and O–H groups in total. The minimum atomic E-state index is -0.380. The van der Waals surface area contributed by atoms with E-state index in [-0.39, 0.29) is 12.7 Å². The summed E-state index contributed by atoms with van der Waals surface area (Å²) in [6.45, 7) is 3.19. The number of nitrogens with zero attached hydrogens (tertiary/aromatic N) is 1. The number of rotatable bonds is 5. The third-order valence-corrected chi connectivity index (χ3v) is 3.96. The molecule has 0 saturated carbocycles. The zero-order chi connectivity index (χ0) is 15.2. The molecule has 0 amide bonds. The van der Waals surface area contributed by atoms with Crippen molar-refractivity contribution in [3.8, 4) is 11.5 Å². The summed E-state index contributed by atoms with van der Waals surface area (Å²) < 4.78 is 19.4. The van der Waals surface area contributed by atoms with Crippen LogP contribution < -0.4 is 10.1 Å². The summed E-state index contributed by atoms with van der Waals surface area (Å²) >= 11 is 0. The lowest BCUT2D eigenvalue weighted by atomic mass is 10.1. The van der Waals surface area contributed by atoms with Gasteiger partial charge in [-0.15, -0.1) is 0 Å². The fourth-order valence-corrected chi connectivity index (χ4v) is 2.80. The molecule has 1 fully saturated rings. The topological polar surface area (TPSA) is 24.5 Å². The third kappa shape index (κ3) is 3.64. The molecular formula is C18H21FN2O. The van der Waals surface area contributed by atoms with E-state index in [9.17, 15) is 4.39 Å². The van der Waals surface area contributed by atoms with Gasteiger partial charge in [0.25, 0.3) is 0 Å². The first-order chi connectivity index (χ1) is 10.9. The van der Waals surface area contributed by atoms with Crippen LogP contribution in [0.25, 0.3) is 0 Å². The van der Waals surface area contributed by atoms with E-state index in [1.165, 1.54) is 0 Å². The number of halogens is 1. The van der Waals surface area contributed by atoms with Gasteiger partial charge in [0.1, 0.15) is 18.2 Å². The van der Waals surface area contributed by atoms with Crippen LogP contribution in [-0.2, 0) is 0 Å². The van der Waals surface area contributed by atoms with E-state index in [4.69, 9.17) is 4.74 Å². The Labute approximate surface area is 130 Å². The van der Waals surface area contributed by atoms with E-state index in [0.29, 0.717) is 0 Å². The summed E-state index contributed by atoms with van der Waals surface area (Å²) in [5.74, 6) is 1.54. The van der Waals surface area contributed by atoms with Gasteiger partial charge in [0.2, 0.25) is 0 Å². The van der Waals surface area contributed by atoms with Crippen molar-refractivity contribution in [1.82, 2.24) is 10.2 Å². The third-order valence-electron chi connectivity index (χ3n) is 3.96. The summed E-state index contributed by atoms with van der Waals surface area (Å²) in [6.07, 6.45) is 0. The van der Waals surface area contributed by atoms with E-state index < -0.39 is 0 Å². The second-order valence-corrected chi connectivity index (χ2v) is 5.44. The first kappa shape index (κ1) is 15.0. The van der Waals surface area contributed by atoms with E-state index in [1.807, 2.05) is 54.6 Å². The van der Waals surface area contributed by atoms with Gasteiger partial charge in [-0.1, -0.05) is 30.3 Å². The molecule has 3 nitrogen and oxygen atoms in total. The zero-order valence-corrected chi connectivity index (χ0v) is 12.5. The molecule has 1 saturated heterocycles. The van der Waals surface area contributed by atoms with Crippen LogP contribution in [-0.4, -0.2) is 37.8 Å². The highest BCUT2D eigenvalue weighted by Crippen LogP contribution is 2.27. The minimum Gasteiger partial charge on any atom is -0.457 e. The molecule has 0 spiro atoms. The highest BCUT2D eigenvalue weighted by Gasteiger charge is 2.22. The molecule has 3 rings (SSSR count). The maximum absolute atomic E-state index is 13.6. The van der Waals surface area contributed by atoms with Gasteiger partial charge in [-0.05, 0) is 29.8 Å². The molecule has 4 heteroatoms. The number of benzene rings is 2. The maximum atomic E-state index is 13.6. The highest BCUT2D eigenvalue weighted by atomic mass is 19.1. The van der Waals surface area contributed by atoms with Crippen LogP contribution in [0.3, 0.4) is 0 Å². The molecule has 2 aromatic rings. The van der Waals surface area contributed by atoms with Crippen molar-refractivity contribution < 1.29 is 9.13 Å². The van der Waals surface area contributed by atoms with Crippen molar-refractivity contribution in [2.75, 3.05) is 32.9 Å². The number of hydrogen-bond donors (Lipinski definition) is 1. The molecule has 0 radical (unpaired) electrons. The summed E-state index contributed by atoms with van der Waals surface area (Å²) in [6, 6.07) is 17.2. The van der Waals surface area contributed by atoms with Crippen LogP contribution in [0.4, 0.5) is 4.39 Å². The number of nitrogens with one attached hydrogen (secondary N) is 1. The van der Waals surface area contributed by atoms with E-state index in [1.54, 1.807) is 0 Å². The molecule has 22 heavy (non-hydrogen) atoms. The summed E-state index contributed by atoms with van der Waals surface area (Å²) in [4.78, 5) is 2.19. The molecule has 1 aliphatic rings. The van der Waals surface area contributed by atoms with Crippen LogP contribution in [0.2, 0.25) is 0 Å². The van der Waals surface area contributed by atoms with Gasteiger partial charge in [-0.25, -0.2) is 4.39 Å². The lowest BCUT2D eigenvalue weighted by Gasteiger charge is -2.33. The van der Waals surface area contributed by atoms with Gasteiger partial charge < -0.3 is 10.1 Å². The second-order valence-electron chi connectivity index (χ2n) is 5.44. The van der Waals surface area contributed by atoms with Crippen molar-refractivity contribution in [2.24, 2.45) is 0 Å². The van der Waals surface area contributed by atoms with Crippen LogP contribution in [0.1, 0.15) is 11.6 Å². The largest absolute Gasteiger partial charge is 0.457 e. The van der Waals surface area contributed by atoms with Crippen molar-refractivity contribution in [3.05, 3.63) is 60.2 Å². The number of alkyl halides is 1. The Balaban J connectivity index is 1.77. The van der Waals surface area contributed by atoms with Crippen molar-refractivity contribution in [3.63, 3.8) is 0 Å². The SMILES string of the molecule is FC[C@H](c1cccc(Oc2ccccc2)c1)N1CCNCC1. The molecule has 1 aliphatic heterocycles. The van der Waals surface area contributed by atoms with Gasteiger partial charge in [-0.2, -0.15) is 0 Å². The van der Waals surface area contributed by atoms with Crippen molar-refractivity contribution >= 4 is 0 Å². The van der Waals surface area contributed by atoms with Gasteiger partial charge in [-0.3, -0.25) is 4.90 Å². The minimum absolute atomic E-state index is 0.193. The Bertz CT molecular complexity index is 585. The number of ether oxygens (including phenoxy) is 1. The summed E-state index contributed by atoms with van der Waals surface area (Å²) in [5, 5.41) is 3.30. The van der Waals surface area contributed by atoms with Crippen LogP contribution in [0, 0.1) is 0 Å². The van der Waals surface area contributed by atoms with E-state index in [2.05, 4.69) is 10.2 Å². The highest BCUT2D eigenvalue weighted by molar-refractivity contribution is 5.35. The Kier molecular flexibility index (Phi) is 5.03. The van der Waals surface area contributed by atoms with Gasteiger partial charge >= 0.3 is 0 Å². The lowest BCUT2D eigenvalue weighted by Crippen LogP contribution is -2.45. The fraction of sp³-hybridized carbons (Fsp3) is 0.333. The maximum Gasteiger partial charge on any atom is 0.127 e. The van der Waals surface area contributed by atoms with Crippen molar-refractivity contribution in [1.29, 1.82) is 0 Å². The first-order valence-corrected chi connectivity index (χ1v) is 7.70. The monoisotopic (exact) mass is 300 g/mol. The molecule has 0 bridgehead atoms. The molecule has 2 aromatic carbocycles. The number of para-hydroxylation sites is 1. The van der Waals surface area contributed by atoms with Gasteiger partial charge in [0, 0.05) is 26.2 Å². The lowest BCUT2D eigenvalue weighted by molar-refractivity contribution is 0.147. The molecule has 116 valence electrons. The summed E-state index contributed by atoms with van der Waals surface area (Å²) in [5.41, 5.74) is 0.970. The van der Waals surface area contributed by atoms with Crippen LogP contribution >= 0.6 is 0 Å². The normalized spacial score (nSPS) is 17.1. The van der Waals surface area contributed by atoms with E-state index in [0.717, 1.165) is 43.2 Å². The standard InChI is InChI=1S/C18H21FN2O/c19-14-18(21-11-9-20-10-12-21)15-5-4-8-17(13-15)22-16-6-2-1-3-7-16/h1-8,13,18,20H,9-12,14H2/t18-/m1/s1. The van der Waals surface area contributed by atoms with Gasteiger partial charge in [0.15, 0.2) is 0 Å². The smallest absolute Gasteiger partial charge is 0.127 e. The Hall–Kier alpha value is -1.91. The predicted molar refractivity (Wildman–Crippen MR) is 86.1 cm³/mol. The molecule has 0 unspecified atom stereocenters. The van der Waals surface area contributed by atoms with Crippen LogP contribution in [0.5, 0.6) is 11.5 Å². The van der Waals surface area contributed by atoms with E-state index >= 15 is 0 Å².